The van der Waals surface area contributed by atoms with Gasteiger partial charge in [-0.25, -0.2) is 13.1 Å². The van der Waals surface area contributed by atoms with Crippen molar-refractivity contribution in [3.8, 4) is 5.75 Å². The van der Waals surface area contributed by atoms with E-state index < -0.39 is 10.0 Å². The SMILES string of the molecule is COc1ccc(S(=O)(=O)NCC2CCCC2CO)cc1. The highest BCUT2D eigenvalue weighted by molar-refractivity contribution is 7.89. The second kappa shape index (κ2) is 6.56. The summed E-state index contributed by atoms with van der Waals surface area (Å²) in [5, 5.41) is 9.25. The molecule has 1 fully saturated rings. The van der Waals surface area contributed by atoms with E-state index in [0.29, 0.717) is 12.3 Å². The summed E-state index contributed by atoms with van der Waals surface area (Å²) in [6.45, 7) is 0.522. The molecule has 2 unspecified atom stereocenters. The van der Waals surface area contributed by atoms with E-state index in [-0.39, 0.29) is 23.3 Å². The second-order valence-corrected chi connectivity index (χ2v) is 6.93. The largest absolute Gasteiger partial charge is 0.497 e. The molecule has 0 saturated heterocycles. The molecule has 1 aromatic rings. The van der Waals surface area contributed by atoms with Gasteiger partial charge in [-0.15, -0.1) is 0 Å². The molecular formula is C14H21NO4S. The van der Waals surface area contributed by atoms with E-state index in [9.17, 15) is 13.5 Å². The van der Waals surface area contributed by atoms with Gasteiger partial charge in [0, 0.05) is 13.2 Å². The van der Waals surface area contributed by atoms with Crippen LogP contribution >= 0.6 is 0 Å². The van der Waals surface area contributed by atoms with Crippen LogP contribution in [0.3, 0.4) is 0 Å². The quantitative estimate of drug-likeness (QED) is 0.832. The number of ether oxygens (including phenoxy) is 1. The van der Waals surface area contributed by atoms with Gasteiger partial charge in [-0.05, 0) is 48.9 Å². The van der Waals surface area contributed by atoms with Crippen molar-refractivity contribution in [2.45, 2.75) is 24.2 Å². The second-order valence-electron chi connectivity index (χ2n) is 5.16. The molecule has 2 atom stereocenters. The maximum absolute atomic E-state index is 12.2. The Labute approximate surface area is 120 Å². The first-order valence-electron chi connectivity index (χ1n) is 6.81. The first-order chi connectivity index (χ1) is 9.56. The highest BCUT2D eigenvalue weighted by atomic mass is 32.2. The number of hydrogen-bond acceptors (Lipinski definition) is 4. The van der Waals surface area contributed by atoms with Crippen LogP contribution < -0.4 is 9.46 Å². The molecular weight excluding hydrogens is 278 g/mol. The molecule has 1 aromatic carbocycles. The Hall–Kier alpha value is -1.11. The number of benzene rings is 1. The normalized spacial score (nSPS) is 22.9. The van der Waals surface area contributed by atoms with Gasteiger partial charge in [-0.2, -0.15) is 0 Å². The van der Waals surface area contributed by atoms with Crippen LogP contribution in [0.4, 0.5) is 0 Å². The summed E-state index contributed by atoms with van der Waals surface area (Å²) < 4.78 is 32.0. The molecule has 6 heteroatoms. The molecule has 0 amide bonds. The fourth-order valence-electron chi connectivity index (χ4n) is 2.68. The predicted molar refractivity (Wildman–Crippen MR) is 76.1 cm³/mol. The van der Waals surface area contributed by atoms with Gasteiger partial charge in [0.2, 0.25) is 10.0 Å². The van der Waals surface area contributed by atoms with Gasteiger partial charge in [0.05, 0.1) is 12.0 Å². The number of sulfonamides is 1. The number of aliphatic hydroxyl groups is 1. The lowest BCUT2D eigenvalue weighted by Gasteiger charge is -2.17. The summed E-state index contributed by atoms with van der Waals surface area (Å²) in [6.07, 6.45) is 3.00. The van der Waals surface area contributed by atoms with Gasteiger partial charge >= 0.3 is 0 Å². The van der Waals surface area contributed by atoms with E-state index in [0.717, 1.165) is 19.3 Å². The van der Waals surface area contributed by atoms with Crippen LogP contribution in [0.1, 0.15) is 19.3 Å². The highest BCUT2D eigenvalue weighted by Gasteiger charge is 2.28. The van der Waals surface area contributed by atoms with Gasteiger partial charge in [0.15, 0.2) is 0 Å². The van der Waals surface area contributed by atoms with Crippen LogP contribution in [0.25, 0.3) is 0 Å². The molecule has 1 saturated carbocycles. The van der Waals surface area contributed by atoms with Gasteiger partial charge in [0.1, 0.15) is 5.75 Å². The smallest absolute Gasteiger partial charge is 0.240 e. The number of hydrogen-bond donors (Lipinski definition) is 2. The molecule has 5 nitrogen and oxygen atoms in total. The zero-order chi connectivity index (χ0) is 14.6. The summed E-state index contributed by atoms with van der Waals surface area (Å²) in [7, 11) is -1.95. The summed E-state index contributed by atoms with van der Waals surface area (Å²) in [5.41, 5.74) is 0. The Morgan fingerprint density at radius 1 is 1.25 bits per heavy atom. The average Bonchev–Trinajstić information content (AvgIpc) is 2.93. The van der Waals surface area contributed by atoms with Crippen molar-refractivity contribution in [2.24, 2.45) is 11.8 Å². The number of aliphatic hydroxyl groups excluding tert-OH is 1. The van der Waals surface area contributed by atoms with Crippen LogP contribution in [0, 0.1) is 11.8 Å². The number of methoxy groups -OCH3 is 1. The lowest BCUT2D eigenvalue weighted by atomic mass is 9.97. The Morgan fingerprint density at radius 3 is 2.50 bits per heavy atom. The van der Waals surface area contributed by atoms with E-state index in [1.165, 1.54) is 19.2 Å². The van der Waals surface area contributed by atoms with Crippen molar-refractivity contribution < 1.29 is 18.3 Å². The Balaban J connectivity index is 1.99. The zero-order valence-electron chi connectivity index (χ0n) is 11.6. The van der Waals surface area contributed by atoms with E-state index >= 15 is 0 Å². The minimum absolute atomic E-state index is 0.134. The molecule has 0 bridgehead atoms. The van der Waals surface area contributed by atoms with Gasteiger partial charge in [-0.1, -0.05) is 6.42 Å². The molecule has 0 aromatic heterocycles. The third-order valence-corrected chi connectivity index (χ3v) is 5.40. The summed E-state index contributed by atoms with van der Waals surface area (Å²) >= 11 is 0. The van der Waals surface area contributed by atoms with Crippen molar-refractivity contribution >= 4 is 10.0 Å². The Kier molecular flexibility index (Phi) is 5.01. The minimum atomic E-state index is -3.49. The topological polar surface area (TPSA) is 75.6 Å². The van der Waals surface area contributed by atoms with E-state index in [2.05, 4.69) is 4.72 Å². The van der Waals surface area contributed by atoms with Gasteiger partial charge in [-0.3, -0.25) is 0 Å². The monoisotopic (exact) mass is 299 g/mol. The molecule has 20 heavy (non-hydrogen) atoms. The molecule has 0 aliphatic heterocycles. The molecule has 2 N–H and O–H groups in total. The maximum atomic E-state index is 12.2. The maximum Gasteiger partial charge on any atom is 0.240 e. The standard InChI is InChI=1S/C14H21NO4S/c1-19-13-5-7-14(8-6-13)20(17,18)15-9-11-3-2-4-12(11)10-16/h5-8,11-12,15-16H,2-4,9-10H2,1H3. The zero-order valence-corrected chi connectivity index (χ0v) is 12.4. The first-order valence-corrected chi connectivity index (χ1v) is 8.29. The van der Waals surface area contributed by atoms with Crippen molar-refractivity contribution in [3.05, 3.63) is 24.3 Å². The summed E-state index contributed by atoms with van der Waals surface area (Å²) in [4.78, 5) is 0.233. The number of rotatable bonds is 6. The third-order valence-electron chi connectivity index (χ3n) is 3.96. The highest BCUT2D eigenvalue weighted by Crippen LogP contribution is 2.31. The van der Waals surface area contributed by atoms with Gasteiger partial charge < -0.3 is 9.84 Å². The summed E-state index contributed by atoms with van der Waals surface area (Å²) in [5.74, 6) is 1.07. The Bertz CT molecular complexity index is 527. The van der Waals surface area contributed by atoms with Crippen molar-refractivity contribution in [2.75, 3.05) is 20.3 Å². The summed E-state index contributed by atoms with van der Waals surface area (Å²) in [6, 6.07) is 6.31. The molecule has 0 spiro atoms. The van der Waals surface area contributed by atoms with Crippen molar-refractivity contribution in [1.82, 2.24) is 4.72 Å². The predicted octanol–water partition coefficient (Wildman–Crippen LogP) is 1.38. The van der Waals surface area contributed by atoms with Crippen molar-refractivity contribution in [3.63, 3.8) is 0 Å². The van der Waals surface area contributed by atoms with Crippen LogP contribution in [0.2, 0.25) is 0 Å². The van der Waals surface area contributed by atoms with Crippen LogP contribution in [0.5, 0.6) is 5.75 Å². The first kappa shape index (κ1) is 15.3. The third kappa shape index (κ3) is 3.50. The lowest BCUT2D eigenvalue weighted by Crippen LogP contribution is -2.31. The average molecular weight is 299 g/mol. The minimum Gasteiger partial charge on any atom is -0.497 e. The molecule has 0 heterocycles. The number of nitrogens with one attached hydrogen (secondary N) is 1. The fourth-order valence-corrected chi connectivity index (χ4v) is 3.77. The molecule has 0 radical (unpaired) electrons. The lowest BCUT2D eigenvalue weighted by molar-refractivity contribution is 0.195. The molecule has 2 rings (SSSR count). The van der Waals surface area contributed by atoms with Crippen LogP contribution in [-0.4, -0.2) is 33.8 Å². The molecule has 112 valence electrons. The van der Waals surface area contributed by atoms with E-state index in [1.807, 2.05) is 0 Å². The van der Waals surface area contributed by atoms with Crippen molar-refractivity contribution in [1.29, 1.82) is 0 Å². The molecule has 1 aliphatic rings. The van der Waals surface area contributed by atoms with Gasteiger partial charge in [0.25, 0.3) is 0 Å². The Morgan fingerprint density at radius 2 is 1.90 bits per heavy atom. The van der Waals surface area contributed by atoms with E-state index in [1.54, 1.807) is 12.1 Å². The fraction of sp³-hybridized carbons (Fsp3) is 0.571. The van der Waals surface area contributed by atoms with E-state index in [4.69, 9.17) is 4.74 Å². The molecule has 1 aliphatic carbocycles. The van der Waals surface area contributed by atoms with Crippen LogP contribution in [0.15, 0.2) is 29.2 Å². The van der Waals surface area contributed by atoms with Crippen LogP contribution in [-0.2, 0) is 10.0 Å².